The summed E-state index contributed by atoms with van der Waals surface area (Å²) in [6.07, 6.45) is 1.60. The Kier molecular flexibility index (Phi) is 5.11. The predicted molar refractivity (Wildman–Crippen MR) is 85.8 cm³/mol. The van der Waals surface area contributed by atoms with Gasteiger partial charge >= 0.3 is 0 Å². The molecule has 2 rings (SSSR count). The number of aryl methyl sites for hydroxylation is 1. The fourth-order valence-corrected chi connectivity index (χ4v) is 1.79. The van der Waals surface area contributed by atoms with E-state index >= 15 is 0 Å². The number of nitrogens with one attached hydrogen (secondary N) is 2. The Morgan fingerprint density at radius 2 is 2.18 bits per heavy atom. The summed E-state index contributed by atoms with van der Waals surface area (Å²) in [5.74, 6) is 0.785. The highest BCUT2D eigenvalue weighted by molar-refractivity contribution is 6.32. The first-order chi connectivity index (χ1) is 10.5. The van der Waals surface area contributed by atoms with Gasteiger partial charge < -0.3 is 4.74 Å². The molecule has 0 saturated carbocycles. The molecule has 2 N–H and O–H groups in total. The van der Waals surface area contributed by atoms with Crippen LogP contribution >= 0.6 is 11.6 Å². The summed E-state index contributed by atoms with van der Waals surface area (Å²) < 4.78 is 5.55. The molecule has 0 aliphatic rings. The molecule has 0 spiro atoms. The zero-order valence-corrected chi connectivity index (χ0v) is 13.2. The minimum Gasteiger partial charge on any atom is -0.489 e. The molecule has 22 heavy (non-hydrogen) atoms. The number of rotatable bonds is 5. The van der Waals surface area contributed by atoms with Crippen LogP contribution in [0, 0.1) is 6.92 Å². The number of aromatic amines is 1. The van der Waals surface area contributed by atoms with Crippen LogP contribution in [0.4, 0.5) is 5.95 Å². The molecule has 1 aromatic carbocycles. The average Bonchev–Trinajstić information content (AvgIpc) is 2.45. The highest BCUT2D eigenvalue weighted by Crippen LogP contribution is 2.25. The van der Waals surface area contributed by atoms with E-state index in [0.717, 1.165) is 5.56 Å². The normalized spacial score (nSPS) is 11.1. The van der Waals surface area contributed by atoms with Gasteiger partial charge in [0.2, 0.25) is 5.95 Å². The molecule has 0 amide bonds. The van der Waals surface area contributed by atoms with Crippen molar-refractivity contribution in [2.75, 3.05) is 5.43 Å². The SMILES string of the molecule is Cc1nnc(N/N=C/c2ccc(OC(C)C)c(Cl)c2)[nH]c1=O. The summed E-state index contributed by atoms with van der Waals surface area (Å²) in [7, 11) is 0. The van der Waals surface area contributed by atoms with Gasteiger partial charge in [0.05, 0.1) is 17.3 Å². The summed E-state index contributed by atoms with van der Waals surface area (Å²) >= 11 is 6.13. The van der Waals surface area contributed by atoms with Gasteiger partial charge in [-0.05, 0) is 44.5 Å². The third-order valence-corrected chi connectivity index (χ3v) is 2.86. The van der Waals surface area contributed by atoms with Gasteiger partial charge in [-0.15, -0.1) is 10.2 Å². The van der Waals surface area contributed by atoms with Crippen molar-refractivity contribution in [1.29, 1.82) is 0 Å². The first-order valence-corrected chi connectivity index (χ1v) is 7.02. The van der Waals surface area contributed by atoms with E-state index < -0.39 is 0 Å². The number of benzene rings is 1. The predicted octanol–water partition coefficient (Wildman–Crippen LogP) is 2.36. The molecule has 0 bridgehead atoms. The van der Waals surface area contributed by atoms with Crippen LogP contribution in [0.2, 0.25) is 5.02 Å². The maximum Gasteiger partial charge on any atom is 0.274 e. The Bertz CT molecular complexity index is 742. The molecule has 0 aliphatic heterocycles. The van der Waals surface area contributed by atoms with Crippen LogP contribution in [0.5, 0.6) is 5.75 Å². The number of H-pyrrole nitrogens is 1. The smallest absolute Gasteiger partial charge is 0.274 e. The van der Waals surface area contributed by atoms with E-state index in [9.17, 15) is 4.79 Å². The van der Waals surface area contributed by atoms with Crippen molar-refractivity contribution in [2.24, 2.45) is 5.10 Å². The second-order valence-corrected chi connectivity index (χ2v) is 5.22. The van der Waals surface area contributed by atoms with Crippen LogP contribution < -0.4 is 15.7 Å². The van der Waals surface area contributed by atoms with Gasteiger partial charge in [-0.1, -0.05) is 11.6 Å². The molecule has 0 saturated heterocycles. The summed E-state index contributed by atoms with van der Waals surface area (Å²) in [5, 5.41) is 11.9. The van der Waals surface area contributed by atoms with E-state index in [1.807, 2.05) is 19.9 Å². The fourth-order valence-electron chi connectivity index (χ4n) is 1.56. The lowest BCUT2D eigenvalue weighted by atomic mass is 10.2. The van der Waals surface area contributed by atoms with Gasteiger partial charge in [0, 0.05) is 0 Å². The lowest BCUT2D eigenvalue weighted by Gasteiger charge is -2.11. The second kappa shape index (κ2) is 7.04. The van der Waals surface area contributed by atoms with Crippen molar-refractivity contribution < 1.29 is 4.74 Å². The van der Waals surface area contributed by atoms with Crippen LogP contribution in [0.15, 0.2) is 28.1 Å². The highest BCUT2D eigenvalue weighted by Gasteiger charge is 2.04. The first-order valence-electron chi connectivity index (χ1n) is 6.64. The lowest BCUT2D eigenvalue weighted by Crippen LogP contribution is -2.15. The van der Waals surface area contributed by atoms with E-state index in [2.05, 4.69) is 25.7 Å². The van der Waals surface area contributed by atoms with Crippen LogP contribution in [0.25, 0.3) is 0 Å². The van der Waals surface area contributed by atoms with Gasteiger partial charge in [0.1, 0.15) is 11.4 Å². The Morgan fingerprint density at radius 3 is 2.82 bits per heavy atom. The third-order valence-electron chi connectivity index (χ3n) is 2.56. The molecular formula is C14H16ClN5O2. The number of aromatic nitrogens is 3. The van der Waals surface area contributed by atoms with Crippen molar-refractivity contribution in [3.05, 3.63) is 44.8 Å². The highest BCUT2D eigenvalue weighted by atomic mass is 35.5. The fraction of sp³-hybridized carbons (Fsp3) is 0.286. The number of halogens is 1. The molecule has 1 aromatic heterocycles. The number of hydrogen-bond donors (Lipinski definition) is 2. The maximum absolute atomic E-state index is 11.4. The molecular weight excluding hydrogens is 306 g/mol. The van der Waals surface area contributed by atoms with E-state index in [4.69, 9.17) is 16.3 Å². The van der Waals surface area contributed by atoms with Crippen molar-refractivity contribution in [3.63, 3.8) is 0 Å². The largest absolute Gasteiger partial charge is 0.489 e. The summed E-state index contributed by atoms with van der Waals surface area (Å²) in [5.41, 5.74) is 3.35. The van der Waals surface area contributed by atoms with Gasteiger partial charge in [0.15, 0.2) is 0 Å². The zero-order chi connectivity index (χ0) is 16.1. The molecule has 0 unspecified atom stereocenters. The van der Waals surface area contributed by atoms with Gasteiger partial charge in [-0.25, -0.2) is 5.43 Å². The standard InChI is InChI=1S/C14H16ClN5O2/c1-8(2)22-12-5-4-10(6-11(12)15)7-16-19-14-17-13(21)9(3)18-20-14/h4-8H,1-3H3,(H2,17,19,20,21)/b16-7+. The minimum absolute atomic E-state index is 0.0515. The number of hydrogen-bond acceptors (Lipinski definition) is 6. The Labute approximate surface area is 132 Å². The van der Waals surface area contributed by atoms with E-state index in [0.29, 0.717) is 16.5 Å². The zero-order valence-electron chi connectivity index (χ0n) is 12.4. The lowest BCUT2D eigenvalue weighted by molar-refractivity contribution is 0.242. The molecule has 0 aliphatic carbocycles. The van der Waals surface area contributed by atoms with Crippen molar-refractivity contribution in [1.82, 2.24) is 15.2 Å². The second-order valence-electron chi connectivity index (χ2n) is 4.81. The van der Waals surface area contributed by atoms with Crippen LogP contribution in [-0.2, 0) is 0 Å². The molecule has 116 valence electrons. The Hall–Kier alpha value is -2.41. The number of ether oxygens (including phenoxy) is 1. The monoisotopic (exact) mass is 321 g/mol. The van der Waals surface area contributed by atoms with E-state index in [-0.39, 0.29) is 17.6 Å². The van der Waals surface area contributed by atoms with Crippen LogP contribution in [0.3, 0.4) is 0 Å². The van der Waals surface area contributed by atoms with E-state index in [1.54, 1.807) is 25.3 Å². The first kappa shape index (κ1) is 16.0. The van der Waals surface area contributed by atoms with E-state index in [1.165, 1.54) is 0 Å². The average molecular weight is 322 g/mol. The summed E-state index contributed by atoms with van der Waals surface area (Å²) in [6.45, 7) is 5.43. The van der Waals surface area contributed by atoms with Crippen LogP contribution in [-0.4, -0.2) is 27.5 Å². The molecule has 2 aromatic rings. The molecule has 0 atom stereocenters. The van der Waals surface area contributed by atoms with Crippen molar-refractivity contribution >= 4 is 23.8 Å². The summed E-state index contributed by atoms with van der Waals surface area (Å²) in [6, 6.07) is 5.32. The topological polar surface area (TPSA) is 92.3 Å². The maximum atomic E-state index is 11.4. The third kappa shape index (κ3) is 4.29. The quantitative estimate of drug-likeness (QED) is 0.651. The number of nitrogens with zero attached hydrogens (tertiary/aromatic N) is 3. The van der Waals surface area contributed by atoms with Crippen molar-refractivity contribution in [3.8, 4) is 5.75 Å². The van der Waals surface area contributed by atoms with Crippen molar-refractivity contribution in [2.45, 2.75) is 26.9 Å². The summed E-state index contributed by atoms with van der Waals surface area (Å²) in [4.78, 5) is 13.9. The molecule has 8 heteroatoms. The van der Waals surface area contributed by atoms with Gasteiger partial charge in [-0.2, -0.15) is 5.10 Å². The van der Waals surface area contributed by atoms with Crippen LogP contribution in [0.1, 0.15) is 25.1 Å². The minimum atomic E-state index is -0.314. The van der Waals surface area contributed by atoms with Gasteiger partial charge in [0.25, 0.3) is 5.56 Å². The van der Waals surface area contributed by atoms with Gasteiger partial charge in [-0.3, -0.25) is 9.78 Å². The molecule has 1 heterocycles. The number of anilines is 1. The Balaban J connectivity index is 2.05. The molecule has 7 nitrogen and oxygen atoms in total. The molecule has 0 fully saturated rings. The number of hydrazone groups is 1. The molecule has 0 radical (unpaired) electrons. The Morgan fingerprint density at radius 1 is 1.41 bits per heavy atom.